The van der Waals surface area contributed by atoms with Gasteiger partial charge in [0.25, 0.3) is 0 Å². The highest BCUT2D eigenvalue weighted by Crippen LogP contribution is 2.54. The van der Waals surface area contributed by atoms with Gasteiger partial charge >= 0.3 is 0 Å². The molecule has 104 valence electrons. The molecular weight excluding hydrogens is 232 g/mol. The maximum atomic E-state index is 6.33. The zero-order valence-electron chi connectivity index (χ0n) is 12.5. The van der Waals surface area contributed by atoms with Crippen LogP contribution in [0.2, 0.25) is 0 Å². The molecule has 2 bridgehead atoms. The van der Waals surface area contributed by atoms with E-state index in [1.807, 2.05) is 0 Å². The molecule has 0 saturated carbocycles. The summed E-state index contributed by atoms with van der Waals surface area (Å²) in [6.45, 7) is 9.48. The molecule has 7 atom stereocenters. The van der Waals surface area contributed by atoms with Crippen molar-refractivity contribution in [3.8, 4) is 0 Å². The summed E-state index contributed by atoms with van der Waals surface area (Å²) >= 11 is 0. The van der Waals surface area contributed by atoms with Crippen LogP contribution in [0.15, 0.2) is 30.3 Å². The van der Waals surface area contributed by atoms with E-state index < -0.39 is 0 Å². The number of fused-ring (bicyclic) bond motifs is 2. The average Bonchev–Trinajstić information content (AvgIpc) is 2.91. The maximum Gasteiger partial charge on any atom is 0.0645 e. The van der Waals surface area contributed by atoms with Crippen LogP contribution in [0.25, 0.3) is 0 Å². The lowest BCUT2D eigenvalue weighted by atomic mass is 9.64. The molecule has 7 unspecified atom stereocenters. The van der Waals surface area contributed by atoms with Crippen molar-refractivity contribution in [2.75, 3.05) is 0 Å². The number of hydrogen-bond acceptors (Lipinski definition) is 1. The number of benzene rings is 1. The van der Waals surface area contributed by atoms with Crippen LogP contribution in [0.3, 0.4) is 0 Å². The smallest absolute Gasteiger partial charge is 0.0645 e. The third kappa shape index (κ3) is 1.94. The second kappa shape index (κ2) is 4.94. The van der Waals surface area contributed by atoms with E-state index in [-0.39, 0.29) is 0 Å². The standard InChI is InChI=1S/C18H26O/c1-5-15(14-9-7-6-8-10-14)16-13(4)17-11(2)12(3)18(16)19-17/h6-13,15-18H,5H2,1-4H3. The van der Waals surface area contributed by atoms with Gasteiger partial charge in [-0.2, -0.15) is 0 Å². The highest BCUT2D eigenvalue weighted by atomic mass is 16.5. The minimum Gasteiger partial charge on any atom is -0.374 e. The Balaban J connectivity index is 1.89. The van der Waals surface area contributed by atoms with Crippen molar-refractivity contribution in [1.82, 2.24) is 0 Å². The minimum absolute atomic E-state index is 0.472. The Hall–Kier alpha value is -0.820. The van der Waals surface area contributed by atoms with Crippen LogP contribution in [0.5, 0.6) is 0 Å². The zero-order chi connectivity index (χ0) is 13.6. The second-order valence-corrected chi connectivity index (χ2v) is 6.65. The normalized spacial score (nSPS) is 42.5. The van der Waals surface area contributed by atoms with Crippen molar-refractivity contribution in [3.05, 3.63) is 35.9 Å². The number of hydrogen-bond donors (Lipinski definition) is 0. The van der Waals surface area contributed by atoms with Crippen LogP contribution in [0, 0.1) is 23.7 Å². The van der Waals surface area contributed by atoms with E-state index >= 15 is 0 Å². The lowest BCUT2D eigenvalue weighted by Crippen LogP contribution is -2.39. The summed E-state index contributed by atoms with van der Waals surface area (Å²) in [6.07, 6.45) is 2.18. The monoisotopic (exact) mass is 258 g/mol. The molecule has 0 aromatic heterocycles. The van der Waals surface area contributed by atoms with Crippen molar-refractivity contribution in [2.45, 2.75) is 52.2 Å². The number of rotatable bonds is 3. The van der Waals surface area contributed by atoms with Gasteiger partial charge in [0, 0.05) is 0 Å². The van der Waals surface area contributed by atoms with Crippen LogP contribution in [0.4, 0.5) is 0 Å². The van der Waals surface area contributed by atoms with Gasteiger partial charge in [-0.1, -0.05) is 58.0 Å². The van der Waals surface area contributed by atoms with E-state index in [2.05, 4.69) is 58.0 Å². The molecule has 1 aromatic carbocycles. The molecule has 0 aliphatic carbocycles. The first-order valence-corrected chi connectivity index (χ1v) is 7.85. The molecule has 19 heavy (non-hydrogen) atoms. The molecule has 1 aromatic rings. The third-order valence-corrected chi connectivity index (χ3v) is 5.82. The molecule has 0 spiro atoms. The summed E-state index contributed by atoms with van der Waals surface area (Å²) < 4.78 is 6.33. The largest absolute Gasteiger partial charge is 0.374 e. The van der Waals surface area contributed by atoms with E-state index in [9.17, 15) is 0 Å². The fraction of sp³-hybridized carbons (Fsp3) is 0.667. The van der Waals surface area contributed by atoms with Crippen molar-refractivity contribution in [1.29, 1.82) is 0 Å². The van der Waals surface area contributed by atoms with Gasteiger partial charge in [-0.25, -0.2) is 0 Å². The van der Waals surface area contributed by atoms with Gasteiger partial charge in [0.15, 0.2) is 0 Å². The van der Waals surface area contributed by atoms with Gasteiger partial charge in [0.1, 0.15) is 0 Å². The predicted molar refractivity (Wildman–Crippen MR) is 79.1 cm³/mol. The first-order valence-electron chi connectivity index (χ1n) is 7.85. The van der Waals surface area contributed by atoms with Gasteiger partial charge in [0.2, 0.25) is 0 Å². The van der Waals surface area contributed by atoms with Gasteiger partial charge in [-0.3, -0.25) is 0 Å². The Morgan fingerprint density at radius 3 is 2.16 bits per heavy atom. The summed E-state index contributed by atoms with van der Waals surface area (Å²) in [5, 5.41) is 0. The Morgan fingerprint density at radius 1 is 0.947 bits per heavy atom. The molecule has 0 N–H and O–H groups in total. The molecule has 1 nitrogen and oxygen atoms in total. The summed E-state index contributed by atoms with van der Waals surface area (Å²) in [4.78, 5) is 0. The highest BCUT2D eigenvalue weighted by Gasteiger charge is 2.56. The molecule has 2 fully saturated rings. The Bertz CT molecular complexity index is 427. The van der Waals surface area contributed by atoms with Gasteiger partial charge in [0.05, 0.1) is 12.2 Å². The summed E-state index contributed by atoms with van der Waals surface area (Å²) in [5.41, 5.74) is 1.50. The summed E-state index contributed by atoms with van der Waals surface area (Å²) in [6, 6.07) is 11.0. The molecule has 2 saturated heterocycles. The van der Waals surface area contributed by atoms with Crippen LogP contribution < -0.4 is 0 Å². The average molecular weight is 258 g/mol. The molecule has 2 aliphatic heterocycles. The van der Waals surface area contributed by atoms with E-state index in [0.717, 1.165) is 5.92 Å². The van der Waals surface area contributed by atoms with Gasteiger partial charge < -0.3 is 4.74 Å². The molecule has 0 radical (unpaired) electrons. The second-order valence-electron chi connectivity index (χ2n) is 6.65. The zero-order valence-corrected chi connectivity index (χ0v) is 12.5. The number of ether oxygens (including phenoxy) is 1. The SMILES string of the molecule is CCC(c1ccccc1)C1C(C)C2OC1C(C)C2C. The molecule has 2 aliphatic rings. The Labute approximate surface area is 117 Å². The fourth-order valence-electron chi connectivity index (χ4n) is 4.62. The van der Waals surface area contributed by atoms with Crippen LogP contribution in [-0.4, -0.2) is 12.2 Å². The van der Waals surface area contributed by atoms with Crippen LogP contribution >= 0.6 is 0 Å². The van der Waals surface area contributed by atoms with E-state index in [1.165, 1.54) is 12.0 Å². The molecular formula is C18H26O. The lowest BCUT2D eigenvalue weighted by Gasteiger charge is -2.38. The molecule has 0 amide bonds. The molecule has 1 heteroatoms. The molecule has 2 heterocycles. The minimum atomic E-state index is 0.472. The third-order valence-electron chi connectivity index (χ3n) is 5.82. The highest BCUT2D eigenvalue weighted by molar-refractivity contribution is 5.22. The van der Waals surface area contributed by atoms with E-state index in [1.54, 1.807) is 0 Å². The van der Waals surface area contributed by atoms with Crippen molar-refractivity contribution in [3.63, 3.8) is 0 Å². The molecule has 3 rings (SSSR count). The Kier molecular flexibility index (Phi) is 3.42. The van der Waals surface area contributed by atoms with Crippen molar-refractivity contribution >= 4 is 0 Å². The predicted octanol–water partition coefficient (Wildman–Crippen LogP) is 4.49. The van der Waals surface area contributed by atoms with Gasteiger partial charge in [-0.15, -0.1) is 0 Å². The first kappa shape index (κ1) is 13.2. The first-order chi connectivity index (χ1) is 9.15. The summed E-state index contributed by atoms with van der Waals surface area (Å²) in [7, 11) is 0. The van der Waals surface area contributed by atoms with E-state index in [4.69, 9.17) is 4.74 Å². The Morgan fingerprint density at radius 2 is 1.58 bits per heavy atom. The van der Waals surface area contributed by atoms with Crippen LogP contribution in [0.1, 0.15) is 45.6 Å². The lowest BCUT2D eigenvalue weighted by molar-refractivity contribution is 0.0701. The maximum absolute atomic E-state index is 6.33. The van der Waals surface area contributed by atoms with E-state index in [0.29, 0.717) is 35.9 Å². The van der Waals surface area contributed by atoms with Crippen LogP contribution in [-0.2, 0) is 4.74 Å². The van der Waals surface area contributed by atoms with Crippen molar-refractivity contribution in [2.24, 2.45) is 23.7 Å². The quantitative estimate of drug-likeness (QED) is 0.776. The topological polar surface area (TPSA) is 9.23 Å². The fourth-order valence-corrected chi connectivity index (χ4v) is 4.62. The summed E-state index contributed by atoms with van der Waals surface area (Å²) in [5.74, 6) is 3.49. The van der Waals surface area contributed by atoms with Crippen molar-refractivity contribution < 1.29 is 4.74 Å². The van der Waals surface area contributed by atoms with Gasteiger partial charge in [-0.05, 0) is 41.6 Å².